The molecule has 0 unspecified atom stereocenters. The van der Waals surface area contributed by atoms with Crippen LogP contribution in [0, 0.1) is 0 Å². The summed E-state index contributed by atoms with van der Waals surface area (Å²) < 4.78 is 32.5. The van der Waals surface area contributed by atoms with Crippen LogP contribution < -0.4 is 10.1 Å². The first-order chi connectivity index (χ1) is 17.4. The van der Waals surface area contributed by atoms with Gasteiger partial charge in [-0.25, -0.2) is 18.4 Å². The number of carbonyl (C=O) groups is 1. The minimum atomic E-state index is -3.75. The fourth-order valence-corrected chi connectivity index (χ4v) is 6.10. The van der Waals surface area contributed by atoms with Crippen molar-refractivity contribution in [2.24, 2.45) is 0 Å². The van der Waals surface area contributed by atoms with E-state index in [-0.39, 0.29) is 17.5 Å². The molecule has 1 amide bonds. The monoisotopic (exact) mass is 508 g/mol. The molecule has 0 bridgehead atoms. The van der Waals surface area contributed by atoms with Crippen LogP contribution in [-0.2, 0) is 20.2 Å². The summed E-state index contributed by atoms with van der Waals surface area (Å²) in [5.41, 5.74) is 1.67. The number of nitrogens with zero attached hydrogens (tertiary/aromatic N) is 3. The predicted octanol–water partition coefficient (Wildman–Crippen LogP) is 2.99. The van der Waals surface area contributed by atoms with Gasteiger partial charge in [-0.1, -0.05) is 30.3 Å². The van der Waals surface area contributed by atoms with E-state index in [4.69, 9.17) is 4.74 Å². The fraction of sp³-hybridized carbons (Fsp3) is 0.308. The number of ether oxygens (including phenoxy) is 1. The maximum Gasteiger partial charge on any atom is 0.256 e. The van der Waals surface area contributed by atoms with Gasteiger partial charge in [-0.15, -0.1) is 4.41 Å². The number of sulfonamides is 1. The van der Waals surface area contributed by atoms with Gasteiger partial charge in [0.25, 0.3) is 10.0 Å². The summed E-state index contributed by atoms with van der Waals surface area (Å²) in [6.45, 7) is 0.486. The Kier molecular flexibility index (Phi) is 6.52. The maximum atomic E-state index is 13.2. The third kappa shape index (κ3) is 4.48. The highest BCUT2D eigenvalue weighted by Crippen LogP contribution is 2.49. The summed E-state index contributed by atoms with van der Waals surface area (Å²) >= 11 is 0. The Bertz CT molecular complexity index is 1370. The average Bonchev–Trinajstić information content (AvgIpc) is 3.58. The van der Waals surface area contributed by atoms with Gasteiger partial charge in [-0.3, -0.25) is 4.79 Å². The summed E-state index contributed by atoms with van der Waals surface area (Å²) in [4.78, 5) is 17.9. The first-order valence-electron chi connectivity index (χ1n) is 11.8. The van der Waals surface area contributed by atoms with Gasteiger partial charge in [0.2, 0.25) is 5.91 Å². The molecule has 1 aromatic heterocycles. The van der Waals surface area contributed by atoms with Crippen LogP contribution in [-0.4, -0.2) is 60.8 Å². The Labute approximate surface area is 210 Å². The van der Waals surface area contributed by atoms with Crippen molar-refractivity contribution >= 4 is 21.7 Å². The number of pyridine rings is 1. The lowest BCUT2D eigenvalue weighted by atomic mass is 9.94. The largest absolute Gasteiger partial charge is 0.497 e. The van der Waals surface area contributed by atoms with E-state index < -0.39 is 15.4 Å². The first-order valence-corrected chi connectivity index (χ1v) is 13.2. The van der Waals surface area contributed by atoms with Crippen LogP contribution in [0.25, 0.3) is 11.3 Å². The number of hydrogen-bond acceptors (Lipinski definition) is 7. The summed E-state index contributed by atoms with van der Waals surface area (Å²) in [6, 6.07) is 19.4. The second-order valence-electron chi connectivity index (χ2n) is 8.98. The van der Waals surface area contributed by atoms with Crippen molar-refractivity contribution in [3.05, 3.63) is 72.3 Å². The molecule has 36 heavy (non-hydrogen) atoms. The topological polar surface area (TPSA) is 112 Å². The van der Waals surface area contributed by atoms with Crippen LogP contribution in [0.1, 0.15) is 24.8 Å². The van der Waals surface area contributed by atoms with Crippen LogP contribution in [0.15, 0.2) is 71.6 Å². The van der Waals surface area contributed by atoms with Crippen LogP contribution in [0.2, 0.25) is 0 Å². The summed E-state index contributed by atoms with van der Waals surface area (Å²) in [6.07, 6.45) is 2.18. The van der Waals surface area contributed by atoms with Gasteiger partial charge >= 0.3 is 0 Å². The molecule has 3 aromatic rings. The quantitative estimate of drug-likeness (QED) is 0.481. The lowest BCUT2D eigenvalue weighted by Gasteiger charge is -2.25. The van der Waals surface area contributed by atoms with Crippen LogP contribution in [0.5, 0.6) is 5.75 Å². The lowest BCUT2D eigenvalue weighted by molar-refractivity contribution is -0.118. The molecule has 1 aliphatic carbocycles. The number of aliphatic hydroxyl groups excluding tert-OH is 1. The Morgan fingerprint density at radius 2 is 1.83 bits per heavy atom. The number of aromatic nitrogens is 1. The molecule has 9 nitrogen and oxygen atoms in total. The summed E-state index contributed by atoms with van der Waals surface area (Å²) in [5, 5.41) is 13.8. The number of nitrogens with one attached hydrogen (secondary N) is 1. The summed E-state index contributed by atoms with van der Waals surface area (Å²) in [5.74, 6) is 1.03. The highest BCUT2D eigenvalue weighted by Gasteiger charge is 2.51. The summed E-state index contributed by atoms with van der Waals surface area (Å²) in [7, 11) is -2.15. The minimum absolute atomic E-state index is 0.110. The number of anilines is 1. The second kappa shape index (κ2) is 9.62. The average molecular weight is 509 g/mol. The maximum absolute atomic E-state index is 13.2. The molecule has 0 radical (unpaired) electrons. The van der Waals surface area contributed by atoms with Crippen molar-refractivity contribution in [2.75, 3.05) is 32.2 Å². The standard InChI is InChI=1S/C26H28N4O5S/c1-35-21-6-2-5-20(17-21)26(13-14-26)25(32)28-24-8-3-7-23(27-24)19-9-11-22(12-10-19)36(33,34)30-16-4-15-29(30)18-31/h2-3,5-12,17,31H,4,13-16,18H2,1H3,(H,27,28,32). The molecule has 2 heterocycles. The molecule has 1 saturated heterocycles. The van der Waals surface area contributed by atoms with Crippen molar-refractivity contribution < 1.29 is 23.1 Å². The zero-order valence-corrected chi connectivity index (χ0v) is 20.7. The van der Waals surface area contributed by atoms with Crippen LogP contribution in [0.4, 0.5) is 5.82 Å². The van der Waals surface area contributed by atoms with Gasteiger partial charge < -0.3 is 15.2 Å². The minimum Gasteiger partial charge on any atom is -0.497 e. The van der Waals surface area contributed by atoms with E-state index in [1.807, 2.05) is 30.3 Å². The third-order valence-corrected chi connectivity index (χ3v) is 8.60. The zero-order chi connectivity index (χ0) is 25.3. The lowest BCUT2D eigenvalue weighted by Crippen LogP contribution is -2.41. The van der Waals surface area contributed by atoms with Crippen LogP contribution in [0.3, 0.4) is 0 Å². The van der Waals surface area contributed by atoms with Crippen molar-refractivity contribution in [3.63, 3.8) is 0 Å². The molecule has 188 valence electrons. The smallest absolute Gasteiger partial charge is 0.256 e. The molecule has 0 spiro atoms. The third-order valence-electron chi connectivity index (χ3n) is 6.77. The van der Waals surface area contributed by atoms with Crippen LogP contribution >= 0.6 is 0 Å². The van der Waals surface area contributed by atoms with E-state index in [1.165, 1.54) is 21.6 Å². The molecule has 1 saturated carbocycles. The number of carbonyl (C=O) groups excluding carboxylic acids is 1. The van der Waals surface area contributed by atoms with E-state index in [9.17, 15) is 18.3 Å². The number of aliphatic hydroxyl groups is 1. The van der Waals surface area contributed by atoms with Crippen molar-refractivity contribution in [3.8, 4) is 17.0 Å². The molecule has 2 aliphatic rings. The van der Waals surface area contributed by atoms with E-state index in [0.29, 0.717) is 36.8 Å². The number of hydrazine groups is 1. The number of methoxy groups -OCH3 is 1. The number of rotatable bonds is 8. The van der Waals surface area contributed by atoms with Gasteiger partial charge in [-0.2, -0.15) is 0 Å². The Balaban J connectivity index is 1.33. The Hall–Kier alpha value is -3.31. The van der Waals surface area contributed by atoms with Gasteiger partial charge in [0.05, 0.1) is 23.1 Å². The molecule has 2 aromatic carbocycles. The van der Waals surface area contributed by atoms with Crippen molar-refractivity contribution in [1.29, 1.82) is 0 Å². The zero-order valence-electron chi connectivity index (χ0n) is 19.9. The molecule has 2 N–H and O–H groups in total. The number of hydrogen-bond donors (Lipinski definition) is 2. The molecule has 1 aliphatic heterocycles. The van der Waals surface area contributed by atoms with Gasteiger partial charge in [-0.05, 0) is 61.2 Å². The van der Waals surface area contributed by atoms with Gasteiger partial charge in [0, 0.05) is 18.7 Å². The molecule has 2 fully saturated rings. The highest BCUT2D eigenvalue weighted by molar-refractivity contribution is 7.89. The van der Waals surface area contributed by atoms with Gasteiger partial charge in [0.15, 0.2) is 0 Å². The van der Waals surface area contributed by atoms with Crippen molar-refractivity contribution in [2.45, 2.75) is 29.6 Å². The Morgan fingerprint density at radius 3 is 2.53 bits per heavy atom. The van der Waals surface area contributed by atoms with E-state index in [2.05, 4.69) is 10.3 Å². The first kappa shape index (κ1) is 24.4. The fourth-order valence-electron chi connectivity index (χ4n) is 4.57. The normalized spacial score (nSPS) is 17.6. The number of amides is 1. The van der Waals surface area contributed by atoms with Crippen molar-refractivity contribution in [1.82, 2.24) is 14.4 Å². The van der Waals surface area contributed by atoms with E-state index in [0.717, 1.165) is 24.0 Å². The van der Waals surface area contributed by atoms with E-state index in [1.54, 1.807) is 31.4 Å². The molecule has 0 atom stereocenters. The predicted molar refractivity (Wildman–Crippen MR) is 135 cm³/mol. The molecular formula is C26H28N4O5S. The SMILES string of the molecule is COc1cccc(C2(C(=O)Nc3cccc(-c4ccc(S(=O)(=O)N5CCCN5CO)cc4)n3)CC2)c1. The van der Waals surface area contributed by atoms with E-state index >= 15 is 0 Å². The molecular weight excluding hydrogens is 480 g/mol. The Morgan fingerprint density at radius 1 is 1.08 bits per heavy atom. The number of benzene rings is 2. The molecule has 10 heteroatoms. The van der Waals surface area contributed by atoms with Gasteiger partial charge in [0.1, 0.15) is 18.3 Å². The highest BCUT2D eigenvalue weighted by atomic mass is 32.2. The molecule has 5 rings (SSSR count). The second-order valence-corrected chi connectivity index (χ2v) is 10.8.